The third kappa shape index (κ3) is 2.72. The van der Waals surface area contributed by atoms with Gasteiger partial charge in [0.15, 0.2) is 0 Å². The second-order valence-electron chi connectivity index (χ2n) is 5.67. The van der Waals surface area contributed by atoms with E-state index in [0.29, 0.717) is 0 Å². The first-order valence-electron chi connectivity index (χ1n) is 6.64. The monoisotopic (exact) mass is 301 g/mol. The molecule has 3 aromatic rings. The first-order valence-corrected chi connectivity index (χ1v) is 7.83. The number of thiophene rings is 1. The van der Waals surface area contributed by atoms with E-state index in [2.05, 4.69) is 43.1 Å². The molecule has 0 spiro atoms. The van der Waals surface area contributed by atoms with E-state index in [4.69, 9.17) is 11.6 Å². The Morgan fingerprint density at radius 3 is 2.75 bits per heavy atom. The maximum absolute atomic E-state index is 6.05. The van der Waals surface area contributed by atoms with E-state index in [-0.39, 0.29) is 5.41 Å². The highest BCUT2D eigenvalue weighted by molar-refractivity contribution is 7.19. The van der Waals surface area contributed by atoms with Gasteiger partial charge < -0.3 is 0 Å². The molecule has 3 rings (SSSR count). The normalized spacial score (nSPS) is 11.9. The first kappa shape index (κ1) is 13.6. The lowest BCUT2D eigenvalue weighted by atomic mass is 9.84. The average Bonchev–Trinajstić information content (AvgIpc) is 2.80. The topological polar surface area (TPSA) is 12.9 Å². The molecular weight excluding hydrogens is 286 g/mol. The van der Waals surface area contributed by atoms with Crippen molar-refractivity contribution < 1.29 is 0 Å². The fourth-order valence-electron chi connectivity index (χ4n) is 2.45. The van der Waals surface area contributed by atoms with E-state index in [0.717, 1.165) is 17.1 Å². The summed E-state index contributed by atoms with van der Waals surface area (Å²) >= 11 is 7.89. The van der Waals surface area contributed by atoms with E-state index in [1.54, 1.807) is 0 Å². The van der Waals surface area contributed by atoms with Gasteiger partial charge in [0.05, 0.1) is 0 Å². The van der Waals surface area contributed by atoms with Gasteiger partial charge in [-0.25, -0.2) is 0 Å². The third-order valence-corrected chi connectivity index (χ3v) is 4.86. The lowest BCUT2D eigenvalue weighted by Crippen LogP contribution is -2.21. The van der Waals surface area contributed by atoms with E-state index < -0.39 is 0 Å². The zero-order chi connectivity index (χ0) is 14.2. The molecule has 0 aliphatic rings. The summed E-state index contributed by atoms with van der Waals surface area (Å²) in [6, 6.07) is 14.4. The minimum Gasteiger partial charge on any atom is -0.261 e. The van der Waals surface area contributed by atoms with Gasteiger partial charge in [0, 0.05) is 31.9 Å². The molecule has 2 aromatic heterocycles. The van der Waals surface area contributed by atoms with Gasteiger partial charge in [0.25, 0.3) is 0 Å². The summed E-state index contributed by atoms with van der Waals surface area (Å²) in [4.78, 5) is 5.87. The standard InChI is InChI=1S/C17H16ClNS/c1-17(2,16-5-3-4-8-19-16)11-14-10-12-9-13(18)6-7-15(12)20-14/h3-10H,11H2,1-2H3. The molecular formula is C17H16ClNS. The molecule has 0 aliphatic heterocycles. The number of aromatic nitrogens is 1. The van der Waals surface area contributed by atoms with E-state index in [1.165, 1.54) is 15.0 Å². The van der Waals surface area contributed by atoms with Crippen molar-refractivity contribution in [2.75, 3.05) is 0 Å². The van der Waals surface area contributed by atoms with Crippen LogP contribution in [0.1, 0.15) is 24.4 Å². The van der Waals surface area contributed by atoms with Gasteiger partial charge in [-0.15, -0.1) is 11.3 Å². The second-order valence-corrected chi connectivity index (χ2v) is 7.28. The Balaban J connectivity index is 1.92. The quantitative estimate of drug-likeness (QED) is 0.625. The SMILES string of the molecule is CC(C)(Cc1cc2cc(Cl)ccc2s1)c1ccccn1. The summed E-state index contributed by atoms with van der Waals surface area (Å²) in [5, 5.41) is 2.03. The Morgan fingerprint density at radius 2 is 2.00 bits per heavy atom. The fourth-order valence-corrected chi connectivity index (χ4v) is 3.90. The molecule has 0 radical (unpaired) electrons. The second kappa shape index (κ2) is 5.19. The molecule has 1 aromatic carbocycles. The van der Waals surface area contributed by atoms with Crippen LogP contribution in [0.2, 0.25) is 5.02 Å². The molecule has 0 saturated heterocycles. The number of hydrogen-bond acceptors (Lipinski definition) is 2. The summed E-state index contributed by atoms with van der Waals surface area (Å²) in [5.74, 6) is 0. The number of benzene rings is 1. The molecule has 0 atom stereocenters. The Hall–Kier alpha value is -1.38. The molecule has 3 heteroatoms. The average molecular weight is 302 g/mol. The van der Waals surface area contributed by atoms with Crippen LogP contribution in [0.25, 0.3) is 10.1 Å². The van der Waals surface area contributed by atoms with Gasteiger partial charge in [-0.05, 0) is 48.2 Å². The van der Waals surface area contributed by atoms with Crippen LogP contribution in [0, 0.1) is 0 Å². The van der Waals surface area contributed by atoms with Crippen molar-refractivity contribution in [3.63, 3.8) is 0 Å². The van der Waals surface area contributed by atoms with Crippen molar-refractivity contribution in [2.24, 2.45) is 0 Å². The maximum Gasteiger partial charge on any atom is 0.0463 e. The van der Waals surface area contributed by atoms with Gasteiger partial charge in [-0.1, -0.05) is 31.5 Å². The van der Waals surface area contributed by atoms with Crippen molar-refractivity contribution in [3.05, 3.63) is 64.3 Å². The highest BCUT2D eigenvalue weighted by Gasteiger charge is 2.23. The van der Waals surface area contributed by atoms with Gasteiger partial charge in [0.1, 0.15) is 0 Å². The van der Waals surface area contributed by atoms with Crippen LogP contribution in [0.15, 0.2) is 48.7 Å². The molecule has 20 heavy (non-hydrogen) atoms. The van der Waals surface area contributed by atoms with Crippen LogP contribution >= 0.6 is 22.9 Å². The number of halogens is 1. The van der Waals surface area contributed by atoms with Crippen molar-refractivity contribution >= 4 is 33.0 Å². The van der Waals surface area contributed by atoms with Crippen LogP contribution in [-0.2, 0) is 11.8 Å². The van der Waals surface area contributed by atoms with Crippen LogP contribution < -0.4 is 0 Å². The Bertz CT molecular complexity index is 731. The largest absolute Gasteiger partial charge is 0.261 e. The zero-order valence-corrected chi connectivity index (χ0v) is 13.1. The minimum absolute atomic E-state index is 0.0337. The van der Waals surface area contributed by atoms with E-state index in [9.17, 15) is 0 Å². The smallest absolute Gasteiger partial charge is 0.0463 e. The summed E-state index contributed by atoms with van der Waals surface area (Å²) in [5.41, 5.74) is 1.17. The fraction of sp³-hybridized carbons (Fsp3) is 0.235. The predicted octanol–water partition coefficient (Wildman–Crippen LogP) is 5.47. The van der Waals surface area contributed by atoms with Crippen LogP contribution in [0.3, 0.4) is 0 Å². The molecule has 0 unspecified atom stereocenters. The summed E-state index contributed by atoms with van der Waals surface area (Å²) in [7, 11) is 0. The van der Waals surface area contributed by atoms with Gasteiger partial charge in [-0.3, -0.25) is 4.98 Å². The van der Waals surface area contributed by atoms with Gasteiger partial charge in [0.2, 0.25) is 0 Å². The summed E-state index contributed by atoms with van der Waals surface area (Å²) in [6.07, 6.45) is 2.85. The van der Waals surface area contributed by atoms with Crippen LogP contribution in [-0.4, -0.2) is 4.98 Å². The number of pyridine rings is 1. The predicted molar refractivity (Wildman–Crippen MR) is 87.8 cm³/mol. The summed E-state index contributed by atoms with van der Waals surface area (Å²) < 4.78 is 1.29. The maximum atomic E-state index is 6.05. The van der Waals surface area contributed by atoms with Crippen LogP contribution in [0.4, 0.5) is 0 Å². The van der Waals surface area contributed by atoms with Crippen molar-refractivity contribution in [1.29, 1.82) is 0 Å². The molecule has 2 heterocycles. The molecule has 0 amide bonds. The molecule has 0 aliphatic carbocycles. The number of fused-ring (bicyclic) bond motifs is 1. The Labute approximate surface area is 128 Å². The number of hydrogen-bond donors (Lipinski definition) is 0. The number of rotatable bonds is 3. The van der Waals surface area contributed by atoms with Crippen molar-refractivity contribution in [1.82, 2.24) is 4.98 Å². The summed E-state index contributed by atoms with van der Waals surface area (Å²) in [6.45, 7) is 4.49. The Morgan fingerprint density at radius 1 is 1.15 bits per heavy atom. The van der Waals surface area contributed by atoms with Crippen LogP contribution in [0.5, 0.6) is 0 Å². The lowest BCUT2D eigenvalue weighted by Gasteiger charge is -2.23. The highest BCUT2D eigenvalue weighted by Crippen LogP contribution is 2.33. The first-order chi connectivity index (χ1) is 9.54. The van der Waals surface area contributed by atoms with Gasteiger partial charge in [-0.2, -0.15) is 0 Å². The molecule has 102 valence electrons. The highest BCUT2D eigenvalue weighted by atomic mass is 35.5. The van der Waals surface area contributed by atoms with Crippen molar-refractivity contribution in [3.8, 4) is 0 Å². The molecule has 1 nitrogen and oxygen atoms in total. The molecule has 0 bridgehead atoms. The van der Waals surface area contributed by atoms with E-state index in [1.807, 2.05) is 35.7 Å². The number of nitrogens with zero attached hydrogens (tertiary/aromatic N) is 1. The Kier molecular flexibility index (Phi) is 3.53. The molecule has 0 fully saturated rings. The molecule has 0 saturated carbocycles. The van der Waals surface area contributed by atoms with Gasteiger partial charge >= 0.3 is 0 Å². The zero-order valence-electron chi connectivity index (χ0n) is 11.6. The van der Waals surface area contributed by atoms with Crippen molar-refractivity contribution in [2.45, 2.75) is 25.7 Å². The lowest BCUT2D eigenvalue weighted by molar-refractivity contribution is 0.510. The van der Waals surface area contributed by atoms with E-state index >= 15 is 0 Å². The third-order valence-electron chi connectivity index (χ3n) is 3.50. The molecule has 0 N–H and O–H groups in total. The minimum atomic E-state index is 0.0337.